The van der Waals surface area contributed by atoms with E-state index in [1.807, 2.05) is 24.4 Å². The molecule has 0 saturated carbocycles. The quantitative estimate of drug-likeness (QED) is 0.523. The minimum absolute atomic E-state index is 0.110. The van der Waals surface area contributed by atoms with Gasteiger partial charge in [0.2, 0.25) is 5.95 Å². The monoisotopic (exact) mass is 416 g/mol. The van der Waals surface area contributed by atoms with Crippen molar-refractivity contribution in [2.24, 2.45) is 5.92 Å². The molecule has 1 aromatic carbocycles. The van der Waals surface area contributed by atoms with E-state index in [1.165, 1.54) is 0 Å². The second-order valence-electron chi connectivity index (χ2n) is 8.07. The summed E-state index contributed by atoms with van der Waals surface area (Å²) in [6.07, 6.45) is 6.97. The number of anilines is 1. The molecule has 4 aromatic rings. The van der Waals surface area contributed by atoms with E-state index < -0.39 is 0 Å². The van der Waals surface area contributed by atoms with Crippen LogP contribution in [0.2, 0.25) is 0 Å². The smallest absolute Gasteiger partial charge is 0.245 e. The molecule has 9 heteroatoms. The van der Waals surface area contributed by atoms with Crippen LogP contribution in [0.3, 0.4) is 0 Å². The van der Waals surface area contributed by atoms with E-state index in [2.05, 4.69) is 49.3 Å². The SMILES string of the molecule is CC(C)[C@H]1CN(c2ncc(-c3ccc(-c4cnn5cccnc45)cc3O)nn2)CCN1. The molecule has 0 unspecified atom stereocenters. The van der Waals surface area contributed by atoms with Gasteiger partial charge >= 0.3 is 0 Å². The van der Waals surface area contributed by atoms with Crippen molar-refractivity contribution in [2.45, 2.75) is 19.9 Å². The number of benzene rings is 1. The summed E-state index contributed by atoms with van der Waals surface area (Å²) >= 11 is 0. The Labute approximate surface area is 179 Å². The molecule has 0 spiro atoms. The fourth-order valence-electron chi connectivity index (χ4n) is 3.89. The highest BCUT2D eigenvalue weighted by Gasteiger charge is 2.23. The summed E-state index contributed by atoms with van der Waals surface area (Å²) in [5, 5.41) is 27.2. The van der Waals surface area contributed by atoms with E-state index in [1.54, 1.807) is 29.2 Å². The second kappa shape index (κ2) is 7.92. The van der Waals surface area contributed by atoms with Crippen molar-refractivity contribution in [3.8, 4) is 28.1 Å². The second-order valence-corrected chi connectivity index (χ2v) is 8.07. The lowest BCUT2D eigenvalue weighted by Gasteiger charge is -2.35. The van der Waals surface area contributed by atoms with Gasteiger partial charge in [-0.2, -0.15) is 5.10 Å². The minimum atomic E-state index is 0.110. The molecular formula is C22H24N8O. The van der Waals surface area contributed by atoms with Crippen LogP contribution in [-0.4, -0.2) is 60.6 Å². The fraction of sp³-hybridized carbons (Fsp3) is 0.318. The van der Waals surface area contributed by atoms with Crippen molar-refractivity contribution in [1.82, 2.24) is 35.1 Å². The Morgan fingerprint density at radius 1 is 1.13 bits per heavy atom. The first-order valence-electron chi connectivity index (χ1n) is 10.4. The molecule has 0 radical (unpaired) electrons. The lowest BCUT2D eigenvalue weighted by Crippen LogP contribution is -2.53. The number of rotatable bonds is 4. The topological polar surface area (TPSA) is 104 Å². The maximum atomic E-state index is 10.7. The third kappa shape index (κ3) is 3.68. The number of hydrogen-bond acceptors (Lipinski definition) is 8. The Morgan fingerprint density at radius 3 is 2.81 bits per heavy atom. The molecule has 1 aliphatic heterocycles. The van der Waals surface area contributed by atoms with Crippen LogP contribution in [0, 0.1) is 5.92 Å². The Morgan fingerprint density at radius 2 is 2.03 bits per heavy atom. The predicted molar refractivity (Wildman–Crippen MR) is 118 cm³/mol. The fourth-order valence-corrected chi connectivity index (χ4v) is 3.89. The van der Waals surface area contributed by atoms with Gasteiger partial charge in [-0.25, -0.2) is 14.5 Å². The summed E-state index contributed by atoms with van der Waals surface area (Å²) in [4.78, 5) is 11.0. The van der Waals surface area contributed by atoms with Crippen LogP contribution in [0.5, 0.6) is 5.75 Å². The van der Waals surface area contributed by atoms with Crippen LogP contribution in [-0.2, 0) is 0 Å². The van der Waals surface area contributed by atoms with Crippen molar-refractivity contribution in [1.29, 1.82) is 0 Å². The Hall–Kier alpha value is -3.59. The first-order valence-corrected chi connectivity index (χ1v) is 10.4. The predicted octanol–water partition coefficient (Wildman–Crippen LogP) is 2.39. The average Bonchev–Trinajstić information content (AvgIpc) is 3.23. The maximum Gasteiger partial charge on any atom is 0.245 e. The van der Waals surface area contributed by atoms with Gasteiger partial charge in [-0.1, -0.05) is 19.9 Å². The van der Waals surface area contributed by atoms with Gasteiger partial charge in [0, 0.05) is 49.2 Å². The molecule has 0 amide bonds. The van der Waals surface area contributed by atoms with E-state index in [0.29, 0.717) is 29.2 Å². The molecular weight excluding hydrogens is 392 g/mol. The van der Waals surface area contributed by atoms with Crippen LogP contribution >= 0.6 is 0 Å². The van der Waals surface area contributed by atoms with E-state index in [0.717, 1.165) is 36.4 Å². The van der Waals surface area contributed by atoms with Crippen molar-refractivity contribution in [2.75, 3.05) is 24.5 Å². The van der Waals surface area contributed by atoms with Gasteiger partial charge in [-0.05, 0) is 29.7 Å². The lowest BCUT2D eigenvalue weighted by atomic mass is 10.0. The van der Waals surface area contributed by atoms with Crippen LogP contribution in [0.15, 0.2) is 49.1 Å². The summed E-state index contributed by atoms with van der Waals surface area (Å²) in [5.41, 5.74) is 3.52. The van der Waals surface area contributed by atoms with Gasteiger partial charge in [0.1, 0.15) is 11.4 Å². The molecule has 1 fully saturated rings. The molecule has 31 heavy (non-hydrogen) atoms. The van der Waals surface area contributed by atoms with Crippen LogP contribution < -0.4 is 10.2 Å². The van der Waals surface area contributed by atoms with Crippen molar-refractivity contribution in [3.05, 3.63) is 49.1 Å². The molecule has 158 valence electrons. The number of aromatic hydroxyl groups is 1. The number of nitrogens with zero attached hydrogens (tertiary/aromatic N) is 7. The summed E-state index contributed by atoms with van der Waals surface area (Å²) in [6.45, 7) is 7.01. The first-order chi connectivity index (χ1) is 15.1. The zero-order valence-electron chi connectivity index (χ0n) is 17.5. The normalized spacial score (nSPS) is 16.9. The van der Waals surface area contributed by atoms with Gasteiger partial charge in [-0.15, -0.1) is 10.2 Å². The summed E-state index contributed by atoms with van der Waals surface area (Å²) in [7, 11) is 0. The van der Waals surface area contributed by atoms with Gasteiger partial charge < -0.3 is 15.3 Å². The zero-order chi connectivity index (χ0) is 21.4. The van der Waals surface area contributed by atoms with E-state index in [-0.39, 0.29) is 5.75 Å². The van der Waals surface area contributed by atoms with Crippen molar-refractivity contribution < 1.29 is 5.11 Å². The number of aromatic nitrogens is 6. The zero-order valence-corrected chi connectivity index (χ0v) is 17.5. The number of fused-ring (bicyclic) bond motifs is 1. The highest BCUT2D eigenvalue weighted by atomic mass is 16.3. The lowest BCUT2D eigenvalue weighted by molar-refractivity contribution is 0.365. The number of piperazine rings is 1. The first kappa shape index (κ1) is 19.4. The number of hydrogen-bond donors (Lipinski definition) is 2. The third-order valence-corrected chi connectivity index (χ3v) is 5.71. The molecule has 1 saturated heterocycles. The largest absolute Gasteiger partial charge is 0.507 e. The molecule has 1 atom stereocenters. The maximum absolute atomic E-state index is 10.7. The standard InChI is InChI=1S/C22H24N8O/c1-14(2)19-13-29(9-7-23-19)22-25-12-18(27-28-22)16-5-4-15(10-20(16)31)17-11-26-30-8-3-6-24-21(17)30/h3-6,8,10-12,14,19,23,31H,7,9,13H2,1-2H3/t19-/m1/s1. The minimum Gasteiger partial charge on any atom is -0.507 e. The molecule has 1 aliphatic rings. The Kier molecular flexibility index (Phi) is 4.95. The summed E-state index contributed by atoms with van der Waals surface area (Å²) < 4.78 is 1.70. The van der Waals surface area contributed by atoms with E-state index >= 15 is 0 Å². The Balaban J connectivity index is 1.39. The molecule has 0 bridgehead atoms. The number of nitrogens with one attached hydrogen (secondary N) is 1. The van der Waals surface area contributed by atoms with Gasteiger partial charge in [0.15, 0.2) is 5.65 Å². The van der Waals surface area contributed by atoms with E-state index in [4.69, 9.17) is 0 Å². The van der Waals surface area contributed by atoms with E-state index in [9.17, 15) is 5.11 Å². The average molecular weight is 416 g/mol. The molecule has 9 nitrogen and oxygen atoms in total. The highest BCUT2D eigenvalue weighted by Crippen LogP contribution is 2.33. The molecule has 2 N–H and O–H groups in total. The summed E-state index contributed by atoms with van der Waals surface area (Å²) in [5.74, 6) is 1.26. The van der Waals surface area contributed by atoms with Gasteiger partial charge in [0.25, 0.3) is 0 Å². The van der Waals surface area contributed by atoms with Crippen LogP contribution in [0.25, 0.3) is 28.0 Å². The number of phenolic OH excluding ortho intramolecular Hbond substituents is 1. The van der Waals surface area contributed by atoms with Gasteiger partial charge in [-0.3, -0.25) is 0 Å². The van der Waals surface area contributed by atoms with Gasteiger partial charge in [0.05, 0.1) is 12.4 Å². The molecule has 5 rings (SSSR count). The van der Waals surface area contributed by atoms with Crippen molar-refractivity contribution in [3.63, 3.8) is 0 Å². The molecule has 4 heterocycles. The molecule has 3 aromatic heterocycles. The number of phenols is 1. The molecule has 0 aliphatic carbocycles. The summed E-state index contributed by atoms with van der Waals surface area (Å²) in [6, 6.07) is 7.66. The third-order valence-electron chi connectivity index (χ3n) is 5.71. The van der Waals surface area contributed by atoms with Crippen molar-refractivity contribution >= 4 is 11.6 Å². The highest BCUT2D eigenvalue weighted by molar-refractivity contribution is 5.80. The Bertz CT molecular complexity index is 1200. The van der Waals surface area contributed by atoms with Crippen LogP contribution in [0.4, 0.5) is 5.95 Å². The van der Waals surface area contributed by atoms with Crippen LogP contribution in [0.1, 0.15) is 13.8 Å².